The third-order valence-electron chi connectivity index (χ3n) is 1.71. The van der Waals surface area contributed by atoms with Gasteiger partial charge >= 0.3 is 5.69 Å². The fourth-order valence-electron chi connectivity index (χ4n) is 1.07. The number of anilines is 1. The third kappa shape index (κ3) is 1.92. The van der Waals surface area contributed by atoms with Gasteiger partial charge in [-0.3, -0.25) is 10.1 Å². The predicted octanol–water partition coefficient (Wildman–Crippen LogP) is 1.52. The standard InChI is InChI=1S/C7H7F2N3O3/c1-15-3-2-11-7(10)4(6(8)9)5(3)12(13)14/h2,6H,1H3,(H2,10,11). The highest BCUT2D eigenvalue weighted by atomic mass is 19.3. The van der Waals surface area contributed by atoms with Crippen molar-refractivity contribution in [2.24, 2.45) is 0 Å². The largest absolute Gasteiger partial charge is 0.489 e. The number of nitrogens with two attached hydrogens (primary N) is 1. The number of nitro groups is 1. The summed E-state index contributed by atoms with van der Waals surface area (Å²) < 4.78 is 29.5. The van der Waals surface area contributed by atoms with Gasteiger partial charge < -0.3 is 10.5 Å². The summed E-state index contributed by atoms with van der Waals surface area (Å²) in [5, 5.41) is 10.6. The Morgan fingerprint density at radius 1 is 1.67 bits per heavy atom. The van der Waals surface area contributed by atoms with Crippen LogP contribution in [0.25, 0.3) is 0 Å². The maximum absolute atomic E-state index is 12.5. The fraction of sp³-hybridized carbons (Fsp3) is 0.286. The van der Waals surface area contributed by atoms with E-state index in [0.717, 1.165) is 13.3 Å². The summed E-state index contributed by atoms with van der Waals surface area (Å²) in [5.41, 5.74) is 3.37. The summed E-state index contributed by atoms with van der Waals surface area (Å²) in [5.74, 6) is -0.915. The number of aromatic nitrogens is 1. The summed E-state index contributed by atoms with van der Waals surface area (Å²) in [6, 6.07) is 0. The number of hydrogen-bond acceptors (Lipinski definition) is 5. The SMILES string of the molecule is COc1cnc(N)c(C(F)F)c1[N+](=O)[O-]. The van der Waals surface area contributed by atoms with Crippen molar-refractivity contribution in [2.45, 2.75) is 6.43 Å². The second kappa shape index (κ2) is 4.03. The first kappa shape index (κ1) is 11.1. The molecule has 0 saturated heterocycles. The van der Waals surface area contributed by atoms with Gasteiger partial charge in [-0.2, -0.15) is 0 Å². The molecule has 0 radical (unpaired) electrons. The van der Waals surface area contributed by atoms with Gasteiger partial charge in [-0.25, -0.2) is 13.8 Å². The van der Waals surface area contributed by atoms with Crippen LogP contribution < -0.4 is 10.5 Å². The Labute approximate surface area is 82.8 Å². The smallest absolute Gasteiger partial charge is 0.325 e. The molecule has 1 rings (SSSR count). The molecule has 2 N–H and O–H groups in total. The van der Waals surface area contributed by atoms with Crippen molar-refractivity contribution in [3.63, 3.8) is 0 Å². The second-order valence-corrected chi connectivity index (χ2v) is 2.53. The molecule has 0 aliphatic carbocycles. The van der Waals surface area contributed by atoms with Gasteiger partial charge in [0.05, 0.1) is 18.2 Å². The monoisotopic (exact) mass is 219 g/mol. The van der Waals surface area contributed by atoms with Crippen molar-refractivity contribution in [3.8, 4) is 5.75 Å². The molecule has 1 aromatic rings. The normalized spacial score (nSPS) is 10.4. The second-order valence-electron chi connectivity index (χ2n) is 2.53. The topological polar surface area (TPSA) is 91.3 Å². The zero-order valence-electron chi connectivity index (χ0n) is 7.61. The molecule has 0 aromatic carbocycles. The molecular weight excluding hydrogens is 212 g/mol. The average molecular weight is 219 g/mol. The van der Waals surface area contributed by atoms with E-state index in [1.54, 1.807) is 0 Å². The zero-order chi connectivity index (χ0) is 11.6. The van der Waals surface area contributed by atoms with E-state index in [-0.39, 0.29) is 5.75 Å². The van der Waals surface area contributed by atoms with Crippen molar-refractivity contribution >= 4 is 11.5 Å². The molecule has 82 valence electrons. The summed E-state index contributed by atoms with van der Waals surface area (Å²) in [4.78, 5) is 13.0. The van der Waals surface area contributed by atoms with Gasteiger partial charge in [0.25, 0.3) is 6.43 Å². The van der Waals surface area contributed by atoms with E-state index in [2.05, 4.69) is 9.72 Å². The fourth-order valence-corrected chi connectivity index (χ4v) is 1.07. The maximum Gasteiger partial charge on any atom is 0.325 e. The number of alkyl halides is 2. The zero-order valence-corrected chi connectivity index (χ0v) is 7.61. The van der Waals surface area contributed by atoms with Crippen LogP contribution in [0.3, 0.4) is 0 Å². The minimum absolute atomic E-state index is 0.343. The molecule has 0 saturated carbocycles. The number of hydrogen-bond donors (Lipinski definition) is 1. The number of nitrogens with zero attached hydrogens (tertiary/aromatic N) is 2. The number of methoxy groups -OCH3 is 1. The number of halogens is 2. The first-order valence-electron chi connectivity index (χ1n) is 3.74. The summed E-state index contributed by atoms with van der Waals surface area (Å²) in [6.07, 6.45) is -2.15. The first-order valence-corrected chi connectivity index (χ1v) is 3.74. The average Bonchev–Trinajstić information content (AvgIpc) is 2.16. The Morgan fingerprint density at radius 3 is 2.67 bits per heavy atom. The van der Waals surface area contributed by atoms with Gasteiger partial charge in [0, 0.05) is 0 Å². The highest BCUT2D eigenvalue weighted by Crippen LogP contribution is 2.38. The lowest BCUT2D eigenvalue weighted by atomic mass is 10.2. The minimum atomic E-state index is -3.08. The Hall–Kier alpha value is -1.99. The van der Waals surface area contributed by atoms with E-state index in [0.29, 0.717) is 0 Å². The van der Waals surface area contributed by atoms with Gasteiger partial charge in [-0.05, 0) is 0 Å². The lowest BCUT2D eigenvalue weighted by molar-refractivity contribution is -0.387. The van der Waals surface area contributed by atoms with Crippen LogP contribution in [0.1, 0.15) is 12.0 Å². The summed E-state index contributed by atoms with van der Waals surface area (Å²) >= 11 is 0. The molecule has 1 heterocycles. The quantitative estimate of drug-likeness (QED) is 0.614. The summed E-state index contributed by atoms with van der Waals surface area (Å²) in [7, 11) is 1.12. The molecule has 0 amide bonds. The van der Waals surface area contributed by atoms with Crippen LogP contribution in [0.4, 0.5) is 20.3 Å². The number of ether oxygens (including phenoxy) is 1. The molecule has 8 heteroatoms. The molecule has 0 spiro atoms. The van der Waals surface area contributed by atoms with Gasteiger partial charge in [0.15, 0.2) is 0 Å². The lowest BCUT2D eigenvalue weighted by Crippen LogP contribution is -2.05. The van der Waals surface area contributed by atoms with Crippen LogP contribution in [-0.2, 0) is 0 Å². The minimum Gasteiger partial charge on any atom is -0.489 e. The van der Waals surface area contributed by atoms with E-state index >= 15 is 0 Å². The molecule has 15 heavy (non-hydrogen) atoms. The van der Waals surface area contributed by atoms with Crippen molar-refractivity contribution in [1.82, 2.24) is 4.98 Å². The molecule has 1 aromatic heterocycles. The highest BCUT2D eigenvalue weighted by Gasteiger charge is 2.30. The first-order chi connectivity index (χ1) is 6.99. The Balaban J connectivity index is 3.51. The van der Waals surface area contributed by atoms with E-state index in [1.807, 2.05) is 0 Å². The number of pyridine rings is 1. The highest BCUT2D eigenvalue weighted by molar-refractivity contribution is 5.60. The number of rotatable bonds is 3. The molecule has 6 nitrogen and oxygen atoms in total. The van der Waals surface area contributed by atoms with Crippen LogP contribution in [-0.4, -0.2) is 17.0 Å². The van der Waals surface area contributed by atoms with Crippen LogP contribution in [0, 0.1) is 10.1 Å². The van der Waals surface area contributed by atoms with Gasteiger partial charge in [0.1, 0.15) is 11.4 Å². The van der Waals surface area contributed by atoms with Crippen LogP contribution in [0.2, 0.25) is 0 Å². The van der Waals surface area contributed by atoms with Gasteiger partial charge in [-0.15, -0.1) is 0 Å². The molecular formula is C7H7F2N3O3. The Kier molecular flexibility index (Phi) is 2.98. The van der Waals surface area contributed by atoms with E-state index in [9.17, 15) is 18.9 Å². The van der Waals surface area contributed by atoms with E-state index in [1.165, 1.54) is 0 Å². The van der Waals surface area contributed by atoms with Gasteiger partial charge in [-0.1, -0.05) is 0 Å². The molecule has 0 aliphatic rings. The third-order valence-corrected chi connectivity index (χ3v) is 1.71. The Morgan fingerprint density at radius 2 is 2.27 bits per heavy atom. The predicted molar refractivity (Wildman–Crippen MR) is 46.8 cm³/mol. The van der Waals surface area contributed by atoms with Crippen LogP contribution in [0.5, 0.6) is 5.75 Å². The Bertz CT molecular complexity index is 397. The molecule has 0 unspecified atom stereocenters. The van der Waals surface area contributed by atoms with Crippen molar-refractivity contribution < 1.29 is 18.4 Å². The molecule has 0 atom stereocenters. The molecule has 0 bridgehead atoms. The molecule has 0 fully saturated rings. The van der Waals surface area contributed by atoms with Crippen LogP contribution in [0.15, 0.2) is 6.20 Å². The van der Waals surface area contributed by atoms with Crippen molar-refractivity contribution in [3.05, 3.63) is 21.9 Å². The van der Waals surface area contributed by atoms with E-state index < -0.39 is 28.4 Å². The summed E-state index contributed by atoms with van der Waals surface area (Å²) in [6.45, 7) is 0. The maximum atomic E-state index is 12.5. The van der Waals surface area contributed by atoms with Crippen molar-refractivity contribution in [2.75, 3.05) is 12.8 Å². The van der Waals surface area contributed by atoms with Crippen molar-refractivity contribution in [1.29, 1.82) is 0 Å². The number of nitrogen functional groups attached to an aromatic ring is 1. The van der Waals surface area contributed by atoms with Gasteiger partial charge in [0.2, 0.25) is 5.75 Å². The van der Waals surface area contributed by atoms with Crippen LogP contribution >= 0.6 is 0 Å². The van der Waals surface area contributed by atoms with E-state index in [4.69, 9.17) is 5.73 Å². The lowest BCUT2D eigenvalue weighted by Gasteiger charge is -2.07. The molecule has 0 aliphatic heterocycles.